The van der Waals surface area contributed by atoms with Crippen molar-refractivity contribution in [3.05, 3.63) is 59.7 Å². The van der Waals surface area contributed by atoms with Gasteiger partial charge in [-0.15, -0.1) is 0 Å². The van der Waals surface area contributed by atoms with Crippen molar-refractivity contribution in [2.24, 2.45) is 0 Å². The number of hydrogen-bond acceptors (Lipinski definition) is 0. The Morgan fingerprint density at radius 1 is 1.07 bits per heavy atom. The molecule has 0 nitrogen and oxygen atoms in total. The summed E-state index contributed by atoms with van der Waals surface area (Å²) in [5.41, 5.74) is 5.65. The fourth-order valence-corrected chi connectivity index (χ4v) is 1.48. The molecule has 0 spiro atoms. The van der Waals surface area contributed by atoms with Crippen LogP contribution in [0.15, 0.2) is 54.2 Å². The molecule has 3 aliphatic carbocycles. The van der Waals surface area contributed by atoms with Gasteiger partial charge < -0.3 is 0 Å². The molecule has 0 unspecified atom stereocenters. The fourth-order valence-electron chi connectivity index (χ4n) is 1.48. The summed E-state index contributed by atoms with van der Waals surface area (Å²) < 4.78 is 0. The number of fused-ring (bicyclic) bond motifs is 1. The average Bonchev–Trinajstić information content (AvgIpc) is 2.64. The Bertz CT molecular complexity index is 417. The maximum atomic E-state index is 2.20. The summed E-state index contributed by atoms with van der Waals surface area (Å²) in [6.07, 6.45) is 10.3. The summed E-state index contributed by atoms with van der Waals surface area (Å²) in [6.45, 7) is 4.18. The van der Waals surface area contributed by atoms with Gasteiger partial charge in [0.15, 0.2) is 0 Å². The van der Waals surface area contributed by atoms with E-state index >= 15 is 0 Å². The summed E-state index contributed by atoms with van der Waals surface area (Å²) in [5.74, 6) is 0. The van der Waals surface area contributed by atoms with E-state index in [0.29, 0.717) is 0 Å². The van der Waals surface area contributed by atoms with E-state index in [9.17, 15) is 0 Å². The lowest BCUT2D eigenvalue weighted by Gasteiger charge is -1.78. The lowest BCUT2D eigenvalue weighted by atomic mass is 10.3. The molecule has 0 radical (unpaired) electrons. The van der Waals surface area contributed by atoms with Crippen LogP contribution < -0.4 is 0 Å². The van der Waals surface area contributed by atoms with Crippen LogP contribution in [0.2, 0.25) is 0 Å². The average molecular weight is 182 g/mol. The molecule has 0 aromatic carbocycles. The predicted molar refractivity (Wildman–Crippen MR) is 62.2 cm³/mol. The first-order valence-corrected chi connectivity index (χ1v) is 4.93. The lowest BCUT2D eigenvalue weighted by molar-refractivity contribution is 1.57. The number of hydrogen-bond donors (Lipinski definition) is 0. The second kappa shape index (κ2) is 3.67. The Labute approximate surface area is 85.3 Å². The molecule has 0 fully saturated rings. The molecule has 0 heterocycles. The highest BCUT2D eigenvalue weighted by atomic mass is 14.2. The van der Waals surface area contributed by atoms with Gasteiger partial charge in [0.1, 0.15) is 0 Å². The molecule has 0 N–H and O–H groups in total. The van der Waals surface area contributed by atoms with E-state index in [1.807, 2.05) is 19.1 Å². The molecule has 14 heavy (non-hydrogen) atoms. The molecule has 70 valence electrons. The van der Waals surface area contributed by atoms with E-state index in [0.717, 1.165) is 0 Å². The van der Waals surface area contributed by atoms with Crippen molar-refractivity contribution in [2.75, 3.05) is 0 Å². The van der Waals surface area contributed by atoms with Crippen LogP contribution in [0.4, 0.5) is 0 Å². The first kappa shape index (κ1) is 9.01. The van der Waals surface area contributed by atoms with Crippen LogP contribution in [-0.4, -0.2) is 0 Å². The smallest absolute Gasteiger partial charge is 0.0148 e. The van der Waals surface area contributed by atoms with E-state index < -0.39 is 0 Å². The van der Waals surface area contributed by atoms with Gasteiger partial charge in [0.25, 0.3) is 0 Å². The van der Waals surface area contributed by atoms with Crippen LogP contribution in [0, 0.1) is 6.92 Å². The zero-order chi connectivity index (χ0) is 9.97. The minimum Gasteiger partial charge on any atom is -0.0804 e. The topological polar surface area (TPSA) is 0 Å². The van der Waals surface area contributed by atoms with Gasteiger partial charge in [-0.1, -0.05) is 42.5 Å². The van der Waals surface area contributed by atoms with Gasteiger partial charge in [-0.2, -0.15) is 0 Å². The molecule has 0 amide bonds. The van der Waals surface area contributed by atoms with Crippen molar-refractivity contribution in [1.82, 2.24) is 0 Å². The van der Waals surface area contributed by atoms with Gasteiger partial charge in [0.2, 0.25) is 0 Å². The summed E-state index contributed by atoms with van der Waals surface area (Å²) in [4.78, 5) is 0. The van der Waals surface area contributed by atoms with Gasteiger partial charge >= 0.3 is 0 Å². The SMILES string of the molecule is CC=C1C=CC=C1.Cc1ccc2cc1-2. The highest BCUT2D eigenvalue weighted by Crippen LogP contribution is 2.37. The van der Waals surface area contributed by atoms with Gasteiger partial charge in [-0.25, -0.2) is 0 Å². The van der Waals surface area contributed by atoms with Crippen LogP contribution in [0.3, 0.4) is 0 Å². The molecule has 3 rings (SSSR count). The third-order valence-corrected chi connectivity index (χ3v) is 2.49. The normalized spacial score (nSPS) is 13.7. The third kappa shape index (κ3) is 1.85. The summed E-state index contributed by atoms with van der Waals surface area (Å²) in [6, 6.07) is 6.52. The molecule has 0 saturated carbocycles. The maximum Gasteiger partial charge on any atom is -0.0148 e. The minimum atomic E-state index is 1.31. The summed E-state index contributed by atoms with van der Waals surface area (Å²) in [7, 11) is 0. The highest BCUT2D eigenvalue weighted by molar-refractivity contribution is 5.84. The summed E-state index contributed by atoms with van der Waals surface area (Å²) in [5, 5.41) is 0. The summed E-state index contributed by atoms with van der Waals surface area (Å²) >= 11 is 0. The number of allylic oxidation sites excluding steroid dienone is 6. The molecular formula is C14H14. The van der Waals surface area contributed by atoms with Crippen molar-refractivity contribution in [1.29, 1.82) is 0 Å². The lowest BCUT2D eigenvalue weighted by Crippen LogP contribution is -1.57. The van der Waals surface area contributed by atoms with Crippen molar-refractivity contribution in [3.63, 3.8) is 0 Å². The van der Waals surface area contributed by atoms with E-state index in [4.69, 9.17) is 0 Å². The number of rotatable bonds is 0. The Kier molecular flexibility index (Phi) is 2.36. The molecule has 0 aromatic rings. The van der Waals surface area contributed by atoms with E-state index in [-0.39, 0.29) is 0 Å². The fraction of sp³-hybridized carbons (Fsp3) is 0.143. The molecule has 3 aliphatic rings. The van der Waals surface area contributed by atoms with Crippen LogP contribution >= 0.6 is 0 Å². The number of benzene rings is 1. The van der Waals surface area contributed by atoms with E-state index in [2.05, 4.69) is 43.4 Å². The van der Waals surface area contributed by atoms with Gasteiger partial charge in [-0.3, -0.25) is 0 Å². The molecular weight excluding hydrogens is 168 g/mol. The van der Waals surface area contributed by atoms with Crippen molar-refractivity contribution in [3.8, 4) is 11.1 Å². The zero-order valence-corrected chi connectivity index (χ0v) is 8.62. The zero-order valence-electron chi connectivity index (χ0n) is 8.62. The van der Waals surface area contributed by atoms with Crippen LogP contribution in [-0.2, 0) is 0 Å². The predicted octanol–water partition coefficient (Wildman–Crippen LogP) is 4.03. The first-order valence-electron chi connectivity index (χ1n) is 4.93. The van der Waals surface area contributed by atoms with Crippen molar-refractivity contribution >= 4 is 0 Å². The van der Waals surface area contributed by atoms with Crippen molar-refractivity contribution in [2.45, 2.75) is 13.8 Å². The largest absolute Gasteiger partial charge is 0.0804 e. The first-order chi connectivity index (χ1) is 6.81. The van der Waals surface area contributed by atoms with Gasteiger partial charge in [0, 0.05) is 0 Å². The molecule has 0 aliphatic heterocycles. The van der Waals surface area contributed by atoms with Crippen LogP contribution in [0.5, 0.6) is 0 Å². The molecule has 0 saturated heterocycles. The second-order valence-corrected chi connectivity index (χ2v) is 3.54. The Hall–Kier alpha value is -1.56. The Morgan fingerprint density at radius 2 is 1.79 bits per heavy atom. The number of aryl methyl sites for hydroxylation is 1. The van der Waals surface area contributed by atoms with Gasteiger partial charge in [-0.05, 0) is 42.2 Å². The molecule has 0 bridgehead atoms. The quantitative estimate of drug-likeness (QED) is 0.577. The maximum absolute atomic E-state index is 2.20. The standard InChI is InChI=1S/C7H6.C7H8/c1-5-2-3-6-4-7(5)6;1-2-7-5-3-4-6-7/h2-4H,1H3;2-6H,1H3. The highest BCUT2D eigenvalue weighted by Gasteiger charge is 2.12. The van der Waals surface area contributed by atoms with E-state index in [1.165, 1.54) is 22.3 Å². The van der Waals surface area contributed by atoms with Crippen LogP contribution in [0.1, 0.15) is 12.5 Å². The van der Waals surface area contributed by atoms with E-state index in [1.54, 1.807) is 0 Å². The molecule has 0 atom stereocenters. The minimum absolute atomic E-state index is 1.31. The second-order valence-electron chi connectivity index (χ2n) is 3.54. The van der Waals surface area contributed by atoms with Crippen molar-refractivity contribution < 1.29 is 0 Å². The Balaban J connectivity index is 0.000000107. The molecule has 0 heteroatoms. The van der Waals surface area contributed by atoms with Crippen LogP contribution in [0.25, 0.3) is 11.1 Å². The van der Waals surface area contributed by atoms with Gasteiger partial charge in [0.05, 0.1) is 0 Å². The molecule has 0 aromatic heterocycles. The third-order valence-electron chi connectivity index (χ3n) is 2.49. The monoisotopic (exact) mass is 182 g/mol. The Morgan fingerprint density at radius 3 is 2.00 bits per heavy atom.